The van der Waals surface area contributed by atoms with E-state index in [1.165, 1.54) is 23.1 Å². The van der Waals surface area contributed by atoms with Crippen LogP contribution in [0, 0.1) is 20.8 Å². The SMILES string of the molecule is C=CCn1c(SCC(=O)c2ccc(C)cc2)nc2sc(C)c(C)c2c1=O. The second-order valence-electron chi connectivity index (χ2n) is 6.14. The Hall–Kier alpha value is -2.18. The first-order valence-corrected chi connectivity index (χ1v) is 10.1. The van der Waals surface area contributed by atoms with Crippen molar-refractivity contribution in [3.63, 3.8) is 0 Å². The van der Waals surface area contributed by atoms with Crippen LogP contribution in [0.3, 0.4) is 0 Å². The Labute approximate surface area is 160 Å². The third-order valence-corrected chi connectivity index (χ3v) is 6.35. The lowest BCUT2D eigenvalue weighted by atomic mass is 10.1. The number of carbonyl (C=O) groups is 1. The number of nitrogens with zero attached hydrogens (tertiary/aromatic N) is 2. The molecule has 2 aromatic heterocycles. The monoisotopic (exact) mass is 384 g/mol. The number of carbonyl (C=O) groups excluding carboxylic acids is 1. The summed E-state index contributed by atoms with van der Waals surface area (Å²) in [5.74, 6) is 0.259. The van der Waals surface area contributed by atoms with Crippen molar-refractivity contribution in [2.45, 2.75) is 32.5 Å². The molecule has 134 valence electrons. The summed E-state index contributed by atoms with van der Waals surface area (Å²) >= 11 is 2.82. The zero-order valence-electron chi connectivity index (χ0n) is 15.0. The third-order valence-electron chi connectivity index (χ3n) is 4.27. The molecule has 0 unspecified atom stereocenters. The molecule has 0 amide bonds. The van der Waals surface area contributed by atoms with Crippen LogP contribution in [-0.2, 0) is 6.54 Å². The third kappa shape index (κ3) is 3.52. The van der Waals surface area contributed by atoms with Gasteiger partial charge in [0.1, 0.15) is 4.83 Å². The molecule has 0 spiro atoms. The average Bonchev–Trinajstić information content (AvgIpc) is 2.90. The minimum absolute atomic E-state index is 0.0213. The number of ketones is 1. The van der Waals surface area contributed by atoms with Crippen molar-refractivity contribution in [3.8, 4) is 0 Å². The molecule has 3 rings (SSSR count). The molecule has 0 radical (unpaired) electrons. The van der Waals surface area contributed by atoms with Crippen LogP contribution < -0.4 is 5.56 Å². The molecule has 1 aromatic carbocycles. The van der Waals surface area contributed by atoms with Gasteiger partial charge in [0.15, 0.2) is 10.9 Å². The first-order chi connectivity index (χ1) is 12.4. The highest BCUT2D eigenvalue weighted by Gasteiger charge is 2.17. The van der Waals surface area contributed by atoms with Crippen LogP contribution in [0.5, 0.6) is 0 Å². The molecule has 0 atom stereocenters. The fourth-order valence-electron chi connectivity index (χ4n) is 2.66. The van der Waals surface area contributed by atoms with Crippen molar-refractivity contribution in [1.82, 2.24) is 9.55 Å². The minimum atomic E-state index is -0.0676. The Morgan fingerprint density at radius 2 is 1.96 bits per heavy atom. The largest absolute Gasteiger partial charge is 0.293 e. The maximum Gasteiger partial charge on any atom is 0.263 e. The molecular weight excluding hydrogens is 364 g/mol. The number of aromatic nitrogens is 2. The molecule has 0 aliphatic heterocycles. The highest BCUT2D eigenvalue weighted by atomic mass is 32.2. The molecular formula is C20H20N2O2S2. The lowest BCUT2D eigenvalue weighted by molar-refractivity contribution is 0.102. The summed E-state index contributed by atoms with van der Waals surface area (Å²) in [6.07, 6.45) is 1.68. The van der Waals surface area contributed by atoms with E-state index in [1.54, 1.807) is 10.6 Å². The Balaban J connectivity index is 1.94. The molecule has 0 fully saturated rings. The number of rotatable bonds is 6. The highest BCUT2D eigenvalue weighted by molar-refractivity contribution is 7.99. The summed E-state index contributed by atoms with van der Waals surface area (Å²) in [6, 6.07) is 7.51. The van der Waals surface area contributed by atoms with Crippen molar-refractivity contribution in [1.29, 1.82) is 0 Å². The molecule has 3 aromatic rings. The van der Waals surface area contributed by atoms with Crippen LogP contribution in [0.2, 0.25) is 0 Å². The van der Waals surface area contributed by atoms with Crippen molar-refractivity contribution in [3.05, 3.63) is 68.8 Å². The second-order valence-corrected chi connectivity index (χ2v) is 8.29. The van der Waals surface area contributed by atoms with E-state index in [0.717, 1.165) is 20.8 Å². The van der Waals surface area contributed by atoms with Crippen molar-refractivity contribution >= 4 is 39.1 Å². The van der Waals surface area contributed by atoms with Gasteiger partial charge in [0.25, 0.3) is 5.56 Å². The smallest absolute Gasteiger partial charge is 0.263 e. The van der Waals surface area contributed by atoms with Crippen LogP contribution in [0.4, 0.5) is 0 Å². The summed E-state index contributed by atoms with van der Waals surface area (Å²) in [4.78, 5) is 31.8. The summed E-state index contributed by atoms with van der Waals surface area (Å²) in [6.45, 7) is 10.0. The predicted molar refractivity (Wildman–Crippen MR) is 110 cm³/mol. The van der Waals surface area contributed by atoms with Crippen LogP contribution in [-0.4, -0.2) is 21.1 Å². The van der Waals surface area contributed by atoms with Crippen LogP contribution in [0.25, 0.3) is 10.2 Å². The topological polar surface area (TPSA) is 52.0 Å². The Morgan fingerprint density at radius 3 is 2.62 bits per heavy atom. The van der Waals surface area contributed by atoms with Crippen LogP contribution in [0.15, 0.2) is 46.9 Å². The predicted octanol–water partition coefficient (Wildman–Crippen LogP) is 4.54. The molecule has 26 heavy (non-hydrogen) atoms. The van der Waals surface area contributed by atoms with Gasteiger partial charge in [0.2, 0.25) is 0 Å². The van der Waals surface area contributed by atoms with Gasteiger partial charge in [-0.2, -0.15) is 0 Å². The van der Waals surface area contributed by atoms with Gasteiger partial charge in [-0.15, -0.1) is 17.9 Å². The summed E-state index contributed by atoms with van der Waals surface area (Å²) in [5, 5.41) is 1.23. The Morgan fingerprint density at radius 1 is 1.27 bits per heavy atom. The summed E-state index contributed by atoms with van der Waals surface area (Å²) < 4.78 is 1.60. The normalized spacial score (nSPS) is 11.0. The van der Waals surface area contributed by atoms with Gasteiger partial charge in [0, 0.05) is 17.0 Å². The van der Waals surface area contributed by atoms with Gasteiger partial charge in [-0.05, 0) is 26.3 Å². The summed E-state index contributed by atoms with van der Waals surface area (Å²) in [5.41, 5.74) is 2.70. The molecule has 0 aliphatic carbocycles. The summed E-state index contributed by atoms with van der Waals surface area (Å²) in [7, 11) is 0. The molecule has 2 heterocycles. The molecule has 4 nitrogen and oxygen atoms in total. The maximum absolute atomic E-state index is 12.9. The number of hydrogen-bond acceptors (Lipinski definition) is 5. The van der Waals surface area contributed by atoms with E-state index in [1.807, 2.05) is 45.0 Å². The number of thiophene rings is 1. The first-order valence-electron chi connectivity index (χ1n) is 8.26. The van der Waals surface area contributed by atoms with Crippen LogP contribution in [0.1, 0.15) is 26.4 Å². The van der Waals surface area contributed by atoms with Gasteiger partial charge >= 0.3 is 0 Å². The number of aryl methyl sites for hydroxylation is 3. The van der Waals surface area contributed by atoms with E-state index in [0.29, 0.717) is 22.7 Å². The fourth-order valence-corrected chi connectivity index (χ4v) is 4.64. The number of thioether (sulfide) groups is 1. The molecule has 0 N–H and O–H groups in total. The van der Waals surface area contributed by atoms with E-state index in [4.69, 9.17) is 0 Å². The maximum atomic E-state index is 12.9. The van der Waals surface area contributed by atoms with E-state index in [9.17, 15) is 9.59 Å². The van der Waals surface area contributed by atoms with E-state index in [-0.39, 0.29) is 17.1 Å². The van der Waals surface area contributed by atoms with Crippen molar-refractivity contribution < 1.29 is 4.79 Å². The average molecular weight is 385 g/mol. The van der Waals surface area contributed by atoms with Crippen molar-refractivity contribution in [2.24, 2.45) is 0 Å². The van der Waals surface area contributed by atoms with Gasteiger partial charge in [-0.1, -0.05) is 47.7 Å². The molecule has 0 aliphatic rings. The van der Waals surface area contributed by atoms with E-state index < -0.39 is 0 Å². The zero-order chi connectivity index (χ0) is 18.8. The number of allylic oxidation sites excluding steroid dienone is 1. The Kier molecular flexibility index (Phi) is 5.44. The van der Waals surface area contributed by atoms with Gasteiger partial charge in [-0.25, -0.2) is 4.98 Å². The molecule has 6 heteroatoms. The van der Waals surface area contributed by atoms with Crippen molar-refractivity contribution in [2.75, 3.05) is 5.75 Å². The standard InChI is InChI=1S/C20H20N2O2S2/c1-5-10-22-19(24)17-13(3)14(4)26-18(17)21-20(22)25-11-16(23)15-8-6-12(2)7-9-15/h5-9H,1,10-11H2,2-4H3. The fraction of sp³-hybridized carbons (Fsp3) is 0.250. The lowest BCUT2D eigenvalue weighted by Gasteiger charge is -2.10. The zero-order valence-corrected chi connectivity index (χ0v) is 16.7. The number of benzene rings is 1. The molecule has 0 saturated heterocycles. The highest BCUT2D eigenvalue weighted by Crippen LogP contribution is 2.28. The number of fused-ring (bicyclic) bond motifs is 1. The van der Waals surface area contributed by atoms with Gasteiger partial charge in [0.05, 0.1) is 11.1 Å². The first kappa shape index (κ1) is 18.6. The number of Topliss-reactive ketones (excluding diaryl/α,β-unsaturated/α-hetero) is 1. The quantitative estimate of drug-likeness (QED) is 0.271. The van der Waals surface area contributed by atoms with Gasteiger partial charge < -0.3 is 0 Å². The van der Waals surface area contributed by atoms with E-state index in [2.05, 4.69) is 11.6 Å². The molecule has 0 saturated carbocycles. The minimum Gasteiger partial charge on any atom is -0.293 e. The Bertz CT molecular complexity index is 1050. The van der Waals surface area contributed by atoms with Crippen LogP contribution >= 0.6 is 23.1 Å². The molecule has 0 bridgehead atoms. The van der Waals surface area contributed by atoms with E-state index >= 15 is 0 Å². The lowest BCUT2D eigenvalue weighted by Crippen LogP contribution is -2.23. The van der Waals surface area contributed by atoms with Gasteiger partial charge in [-0.3, -0.25) is 14.2 Å². The second kappa shape index (κ2) is 7.60. The number of hydrogen-bond donors (Lipinski definition) is 0.